The molecule has 1 heterocycles. The number of nitrogens with zero attached hydrogens (tertiary/aromatic N) is 2. The first kappa shape index (κ1) is 12.9. The second-order valence-electron chi connectivity index (χ2n) is 5.30. The van der Waals surface area contributed by atoms with E-state index in [0.29, 0.717) is 6.04 Å². The minimum atomic E-state index is -0.530. The topological polar surface area (TPSA) is 26.7 Å². The fourth-order valence-corrected chi connectivity index (χ4v) is 2.21. The van der Waals surface area contributed by atoms with Crippen LogP contribution >= 0.6 is 0 Å². The summed E-state index contributed by atoms with van der Waals surface area (Å²) < 4.78 is 0. The number of hydrogen-bond acceptors (Lipinski definition) is 3. The molecule has 0 aromatic heterocycles. The van der Waals surface area contributed by atoms with Crippen LogP contribution in [0.3, 0.4) is 0 Å². The normalized spacial score (nSPS) is 24.4. The fraction of sp³-hybridized carbons (Fsp3) is 1.00. The molecule has 1 saturated heterocycles. The van der Waals surface area contributed by atoms with Gasteiger partial charge in [0.2, 0.25) is 0 Å². The zero-order valence-corrected chi connectivity index (χ0v) is 10.7. The van der Waals surface area contributed by atoms with E-state index in [0.717, 1.165) is 13.0 Å². The van der Waals surface area contributed by atoms with Gasteiger partial charge in [-0.15, -0.1) is 0 Å². The molecule has 0 aliphatic carbocycles. The molecule has 0 radical (unpaired) electrons. The molecule has 1 atom stereocenters. The van der Waals surface area contributed by atoms with Crippen molar-refractivity contribution in [2.45, 2.75) is 44.8 Å². The molecule has 3 heteroatoms. The van der Waals surface area contributed by atoms with Gasteiger partial charge in [0, 0.05) is 12.6 Å². The van der Waals surface area contributed by atoms with Crippen molar-refractivity contribution in [1.29, 1.82) is 0 Å². The molecule has 3 nitrogen and oxygen atoms in total. The Morgan fingerprint density at radius 2 is 1.93 bits per heavy atom. The molecule has 1 unspecified atom stereocenters. The summed E-state index contributed by atoms with van der Waals surface area (Å²) in [6.45, 7) is 7.13. The maximum atomic E-state index is 10.0. The van der Waals surface area contributed by atoms with Gasteiger partial charge in [-0.25, -0.2) is 0 Å². The molecule has 1 rings (SSSR count). The van der Waals surface area contributed by atoms with E-state index in [2.05, 4.69) is 23.9 Å². The highest BCUT2D eigenvalue weighted by Gasteiger charge is 2.26. The Kier molecular flexibility index (Phi) is 4.56. The lowest BCUT2D eigenvalue weighted by molar-refractivity contribution is 0.00374. The zero-order valence-electron chi connectivity index (χ0n) is 10.7. The van der Waals surface area contributed by atoms with Gasteiger partial charge >= 0.3 is 0 Å². The molecule has 90 valence electrons. The molecule has 0 amide bonds. The van der Waals surface area contributed by atoms with Crippen LogP contribution in [0.1, 0.15) is 33.1 Å². The standard InChI is InChI=1S/C12H26N2O/c1-5-12(2,15)10-14(4)11-6-8-13(3)9-7-11/h11,15H,5-10H2,1-4H3. The Hall–Kier alpha value is -0.120. The number of likely N-dealkylation sites (tertiary alicyclic amines) is 1. The first-order valence-corrected chi connectivity index (χ1v) is 6.06. The van der Waals surface area contributed by atoms with Crippen LogP contribution in [0.2, 0.25) is 0 Å². The highest BCUT2D eigenvalue weighted by molar-refractivity contribution is 4.82. The van der Waals surface area contributed by atoms with Crippen LogP contribution in [-0.2, 0) is 0 Å². The monoisotopic (exact) mass is 214 g/mol. The van der Waals surface area contributed by atoms with Crippen LogP contribution in [0.25, 0.3) is 0 Å². The van der Waals surface area contributed by atoms with Crippen molar-refractivity contribution in [1.82, 2.24) is 9.80 Å². The zero-order chi connectivity index (χ0) is 11.5. The van der Waals surface area contributed by atoms with Crippen molar-refractivity contribution in [2.24, 2.45) is 0 Å². The third-order valence-corrected chi connectivity index (χ3v) is 3.66. The van der Waals surface area contributed by atoms with Gasteiger partial charge in [0.05, 0.1) is 5.60 Å². The predicted octanol–water partition coefficient (Wildman–Crippen LogP) is 1.17. The molecular weight excluding hydrogens is 188 g/mol. The number of likely N-dealkylation sites (N-methyl/N-ethyl adjacent to an activating group) is 1. The lowest BCUT2D eigenvalue weighted by Crippen LogP contribution is -2.47. The van der Waals surface area contributed by atoms with Crippen LogP contribution in [0.5, 0.6) is 0 Å². The molecule has 1 fully saturated rings. The molecule has 0 bridgehead atoms. The molecular formula is C12H26N2O. The highest BCUT2D eigenvalue weighted by atomic mass is 16.3. The summed E-state index contributed by atoms with van der Waals surface area (Å²) >= 11 is 0. The first-order chi connectivity index (χ1) is 6.94. The average Bonchev–Trinajstić information content (AvgIpc) is 2.18. The summed E-state index contributed by atoms with van der Waals surface area (Å²) in [6, 6.07) is 0.652. The van der Waals surface area contributed by atoms with Crippen LogP contribution in [0.15, 0.2) is 0 Å². The van der Waals surface area contributed by atoms with Gasteiger partial charge in [0.15, 0.2) is 0 Å². The van der Waals surface area contributed by atoms with E-state index in [1.54, 1.807) is 0 Å². The second kappa shape index (κ2) is 5.28. The minimum absolute atomic E-state index is 0.530. The lowest BCUT2D eigenvalue weighted by atomic mass is 9.99. The molecule has 0 saturated carbocycles. The average molecular weight is 214 g/mol. The third kappa shape index (κ3) is 4.09. The molecule has 1 aliphatic heterocycles. The van der Waals surface area contributed by atoms with Crippen LogP contribution in [0, 0.1) is 0 Å². The van der Waals surface area contributed by atoms with Gasteiger partial charge in [0.25, 0.3) is 0 Å². The summed E-state index contributed by atoms with van der Waals surface area (Å²) in [5, 5.41) is 10.0. The first-order valence-electron chi connectivity index (χ1n) is 6.06. The Balaban J connectivity index is 2.37. The molecule has 0 aromatic carbocycles. The minimum Gasteiger partial charge on any atom is -0.389 e. The Labute approximate surface area is 94.1 Å². The predicted molar refractivity (Wildman–Crippen MR) is 64.1 cm³/mol. The highest BCUT2D eigenvalue weighted by Crippen LogP contribution is 2.18. The van der Waals surface area contributed by atoms with Gasteiger partial charge in [-0.1, -0.05) is 6.92 Å². The number of hydrogen-bond donors (Lipinski definition) is 1. The van der Waals surface area contributed by atoms with Crippen molar-refractivity contribution in [2.75, 3.05) is 33.7 Å². The summed E-state index contributed by atoms with van der Waals surface area (Å²) in [5.74, 6) is 0. The molecule has 1 N–H and O–H groups in total. The van der Waals surface area contributed by atoms with Crippen molar-refractivity contribution >= 4 is 0 Å². The molecule has 0 aromatic rings. The maximum absolute atomic E-state index is 10.0. The third-order valence-electron chi connectivity index (χ3n) is 3.66. The summed E-state index contributed by atoms with van der Waals surface area (Å²) in [7, 11) is 4.32. The molecule has 1 aliphatic rings. The second-order valence-corrected chi connectivity index (χ2v) is 5.30. The Bertz CT molecular complexity index is 186. The van der Waals surface area contributed by atoms with Crippen molar-refractivity contribution in [3.05, 3.63) is 0 Å². The largest absolute Gasteiger partial charge is 0.389 e. The van der Waals surface area contributed by atoms with Crippen LogP contribution in [0.4, 0.5) is 0 Å². The summed E-state index contributed by atoms with van der Waals surface area (Å²) in [5.41, 5.74) is -0.530. The van der Waals surface area contributed by atoms with Crippen LogP contribution < -0.4 is 0 Å². The van der Waals surface area contributed by atoms with Gasteiger partial charge in [-0.05, 0) is 53.4 Å². The molecule has 0 spiro atoms. The Morgan fingerprint density at radius 3 is 2.40 bits per heavy atom. The van der Waals surface area contributed by atoms with E-state index < -0.39 is 5.60 Å². The quantitative estimate of drug-likeness (QED) is 0.761. The van der Waals surface area contributed by atoms with E-state index in [1.807, 2.05) is 13.8 Å². The fourth-order valence-electron chi connectivity index (χ4n) is 2.21. The van der Waals surface area contributed by atoms with E-state index in [-0.39, 0.29) is 0 Å². The van der Waals surface area contributed by atoms with Gasteiger partial charge < -0.3 is 14.9 Å². The molecule has 15 heavy (non-hydrogen) atoms. The van der Waals surface area contributed by atoms with E-state index >= 15 is 0 Å². The van der Waals surface area contributed by atoms with Crippen molar-refractivity contribution in [3.63, 3.8) is 0 Å². The van der Waals surface area contributed by atoms with Crippen LogP contribution in [-0.4, -0.2) is 60.3 Å². The van der Waals surface area contributed by atoms with Gasteiger partial charge in [0.1, 0.15) is 0 Å². The Morgan fingerprint density at radius 1 is 1.40 bits per heavy atom. The SMILES string of the molecule is CCC(C)(O)CN(C)C1CCN(C)CC1. The smallest absolute Gasteiger partial charge is 0.0743 e. The number of piperidine rings is 1. The summed E-state index contributed by atoms with van der Waals surface area (Å²) in [6.07, 6.45) is 3.28. The van der Waals surface area contributed by atoms with Crippen molar-refractivity contribution < 1.29 is 5.11 Å². The summed E-state index contributed by atoms with van der Waals surface area (Å²) in [4.78, 5) is 4.71. The number of aliphatic hydroxyl groups is 1. The van der Waals surface area contributed by atoms with E-state index in [4.69, 9.17) is 0 Å². The lowest BCUT2D eigenvalue weighted by Gasteiger charge is -2.38. The van der Waals surface area contributed by atoms with E-state index in [9.17, 15) is 5.11 Å². The van der Waals surface area contributed by atoms with Gasteiger partial charge in [-0.2, -0.15) is 0 Å². The van der Waals surface area contributed by atoms with E-state index in [1.165, 1.54) is 25.9 Å². The maximum Gasteiger partial charge on any atom is 0.0743 e. The van der Waals surface area contributed by atoms with Crippen molar-refractivity contribution in [3.8, 4) is 0 Å². The van der Waals surface area contributed by atoms with Gasteiger partial charge in [-0.3, -0.25) is 0 Å². The number of rotatable bonds is 4.